The number of allylic oxidation sites excluding steroid dienone is 1. The second-order valence-electron chi connectivity index (χ2n) is 43.6. The summed E-state index contributed by atoms with van der Waals surface area (Å²) in [6, 6.07) is 6.34. The lowest BCUT2D eigenvalue weighted by atomic mass is 9.79. The molecule has 0 aromatic heterocycles. The van der Waals surface area contributed by atoms with Crippen molar-refractivity contribution in [3.05, 3.63) is 77.9 Å². The van der Waals surface area contributed by atoms with Gasteiger partial charge in [0.25, 0.3) is 0 Å². The Bertz CT molecular complexity index is 4610. The number of amides is 14. The first-order chi connectivity index (χ1) is 70.2. The number of hydrogen-bond donors (Lipinski definition) is 12. The topological polar surface area (TPSA) is 485 Å². The van der Waals surface area contributed by atoms with Crippen molar-refractivity contribution < 1.29 is 102 Å². The maximum Gasteiger partial charge on any atom is 0.326 e. The second-order valence-corrected chi connectivity index (χ2v) is 43.6. The number of rotatable bonds is 46. The van der Waals surface area contributed by atoms with E-state index in [-0.39, 0.29) is 91.8 Å². The Balaban J connectivity index is 0.000000292. The molecule has 2 aromatic carbocycles. The molecular weight excluding hydrogens is 1880 g/mol. The number of hydrogen-bond acceptors (Lipinski definition) is 19. The number of carbonyl (C=O) groups excluding carboxylic acids is 15. The van der Waals surface area contributed by atoms with Crippen molar-refractivity contribution in [3.63, 3.8) is 0 Å². The number of ether oxygens (including phenoxy) is 1. The molecule has 0 radical (unpaired) electrons. The highest BCUT2D eigenvalue weighted by atomic mass is 16.5. The summed E-state index contributed by atoms with van der Waals surface area (Å²) in [4.78, 5) is 236. The van der Waals surface area contributed by atoms with E-state index < -0.39 is 168 Å². The van der Waals surface area contributed by atoms with Gasteiger partial charge in [-0.1, -0.05) is 239 Å². The minimum Gasteiger partial charge on any atom is -0.481 e. The van der Waals surface area contributed by atoms with Gasteiger partial charge in [0.05, 0.1) is 25.2 Å². The summed E-state index contributed by atoms with van der Waals surface area (Å²) in [5.41, 5.74) is 1.68. The lowest BCUT2D eigenvalue weighted by Gasteiger charge is -2.40. The molecule has 35 heteroatoms. The molecule has 10 rings (SSSR count). The van der Waals surface area contributed by atoms with Crippen LogP contribution in [0.4, 0.5) is 0 Å². The quantitative estimate of drug-likeness (QED) is 0.0274. The zero-order valence-electron chi connectivity index (χ0n) is 90.0. The van der Waals surface area contributed by atoms with Gasteiger partial charge >= 0.3 is 11.9 Å². The minimum absolute atomic E-state index is 0.0807. The van der Waals surface area contributed by atoms with E-state index >= 15 is 0 Å². The normalized spacial score (nSPS) is 21.7. The zero-order valence-corrected chi connectivity index (χ0v) is 90.0. The van der Waals surface area contributed by atoms with Crippen LogP contribution in [0.2, 0.25) is 0 Å². The van der Waals surface area contributed by atoms with E-state index in [4.69, 9.17) is 4.74 Å². The third-order valence-corrected chi connectivity index (χ3v) is 30.9. The zero-order chi connectivity index (χ0) is 108. The Morgan fingerprint density at radius 3 is 0.986 bits per heavy atom. The number of aliphatic hydroxyl groups excluding tert-OH is 1. The molecular formula is C112H176N14O21. The van der Waals surface area contributed by atoms with Gasteiger partial charge in [-0.05, 0) is 193 Å². The van der Waals surface area contributed by atoms with Crippen LogP contribution in [0.15, 0.2) is 66.7 Å². The van der Waals surface area contributed by atoms with Crippen LogP contribution in [0, 0.1) is 53.3 Å². The number of carboxylic acids is 2. The van der Waals surface area contributed by atoms with E-state index in [2.05, 4.69) is 68.6 Å². The van der Waals surface area contributed by atoms with Crippen LogP contribution in [-0.2, 0) is 92.9 Å². The molecule has 5 aliphatic heterocycles. The molecule has 17 atom stereocenters. The first kappa shape index (κ1) is 121. The average molecular weight is 2050 g/mol. The minimum atomic E-state index is -1.53. The van der Waals surface area contributed by atoms with E-state index in [1.165, 1.54) is 108 Å². The van der Waals surface area contributed by atoms with Gasteiger partial charge in [0.2, 0.25) is 82.7 Å². The van der Waals surface area contributed by atoms with Crippen LogP contribution < -0.4 is 47.9 Å². The number of benzene rings is 2. The van der Waals surface area contributed by atoms with E-state index in [1.54, 1.807) is 13.0 Å². The highest BCUT2D eigenvalue weighted by molar-refractivity contribution is 6.03. The molecule has 2 aromatic rings. The number of likely N-dealkylation sites (tertiary alicyclic amines) is 5. The van der Waals surface area contributed by atoms with Gasteiger partial charge in [-0.2, -0.15) is 0 Å². The maximum absolute atomic E-state index is 14.9. The average Bonchev–Trinajstić information content (AvgIpc) is 0.816. The summed E-state index contributed by atoms with van der Waals surface area (Å²) < 4.78 is 6.11. The first-order valence-electron chi connectivity index (χ1n) is 55.4. The molecule has 2 unspecified atom stereocenters. The molecule has 3 saturated carbocycles. The SMILES string of the molecule is CC(C)[C@H](NC(=O)C[C@H](C)C1CCCCC1)C(=O)N1CCCC[C@H]1C(=O)O.CCCNC(=O)[C@@H](NC(=O)[C@@H]1CCCCN1C(=O)[C@H](CC(=O)/C=C\c1ccccc1)NC(=O)[C@@H]1CCCCN1C(=O)[C@@H](NC(=O)C[C@H](C)C1CCCCC1)C(C)C)C(C)OCc1ccccc1.CCCNC(=O)[C@@H](NC(=O)[C@@H]1CCCCN1C(=O)[C@H](CC(=O)O)NC(=O)[C@@H]1CCCCN1C(=O)[C@@H](NC(=O)C[C@H](C)C1CCCCC1)C(C)C)C(C)O. The monoisotopic (exact) mass is 2050 g/mol. The molecule has 0 bridgehead atoms. The van der Waals surface area contributed by atoms with Crippen molar-refractivity contribution >= 4 is 106 Å². The Kier molecular flexibility index (Phi) is 51.8. The van der Waals surface area contributed by atoms with E-state index in [0.717, 1.165) is 49.7 Å². The Labute approximate surface area is 871 Å². The van der Waals surface area contributed by atoms with Crippen molar-refractivity contribution in [2.75, 3.05) is 45.8 Å². The van der Waals surface area contributed by atoms with Gasteiger partial charge < -0.3 is 92.4 Å². The fraction of sp³-hybridized carbons (Fsp3) is 0.723. The lowest BCUT2D eigenvalue weighted by molar-refractivity contribution is -0.154. The van der Waals surface area contributed by atoms with Gasteiger partial charge in [-0.25, -0.2) is 4.79 Å². The molecule has 8 aliphatic rings. The van der Waals surface area contributed by atoms with Gasteiger partial charge in [0, 0.05) is 71.5 Å². The highest BCUT2D eigenvalue weighted by Gasteiger charge is 2.47. The number of nitrogens with one attached hydrogen (secondary N) is 9. The lowest BCUT2D eigenvalue weighted by Crippen LogP contribution is -2.63. The van der Waals surface area contributed by atoms with Crippen molar-refractivity contribution in [1.82, 2.24) is 72.4 Å². The molecule has 5 saturated heterocycles. The summed E-state index contributed by atoms with van der Waals surface area (Å²) >= 11 is 0. The fourth-order valence-corrected chi connectivity index (χ4v) is 22.0. The summed E-state index contributed by atoms with van der Waals surface area (Å²) in [6.07, 6.45) is 28.2. The van der Waals surface area contributed by atoms with Crippen molar-refractivity contribution in [1.29, 1.82) is 0 Å². The number of carbonyl (C=O) groups is 17. The summed E-state index contributed by atoms with van der Waals surface area (Å²) in [6.45, 7) is 26.7. The largest absolute Gasteiger partial charge is 0.481 e. The van der Waals surface area contributed by atoms with Crippen molar-refractivity contribution in [2.45, 2.75) is 419 Å². The van der Waals surface area contributed by atoms with Crippen LogP contribution in [0.1, 0.15) is 339 Å². The van der Waals surface area contributed by atoms with E-state index in [0.29, 0.717) is 159 Å². The Morgan fingerprint density at radius 2 is 0.653 bits per heavy atom. The summed E-state index contributed by atoms with van der Waals surface area (Å²) in [7, 11) is 0. The van der Waals surface area contributed by atoms with Gasteiger partial charge in [-0.3, -0.25) is 76.7 Å². The molecule has 14 amide bonds. The molecule has 3 aliphatic carbocycles. The molecule has 8 fully saturated rings. The predicted octanol–water partition coefficient (Wildman–Crippen LogP) is 11.3. The van der Waals surface area contributed by atoms with Crippen molar-refractivity contribution in [2.24, 2.45) is 53.3 Å². The van der Waals surface area contributed by atoms with E-state index in [1.807, 2.05) is 116 Å². The number of aliphatic hydroxyl groups is 1. The smallest absolute Gasteiger partial charge is 0.326 e. The van der Waals surface area contributed by atoms with Crippen LogP contribution in [0.3, 0.4) is 0 Å². The predicted molar refractivity (Wildman–Crippen MR) is 560 cm³/mol. The third-order valence-electron chi connectivity index (χ3n) is 30.9. The van der Waals surface area contributed by atoms with Gasteiger partial charge in [-0.15, -0.1) is 0 Å². The van der Waals surface area contributed by atoms with Crippen molar-refractivity contribution in [3.8, 4) is 0 Å². The standard InChI is InChI=1S/C53H76N6O8.C38H64N6O9.C21H36N2O4/c1-6-30-54-51(64)48(38(5)67-35-40-22-12-8-13-23-40)57-50(63)45-27-16-18-31-58(45)52(65)43(34-42(60)29-28-39-20-10-7-11-21-39)55-49(62)44-26-17-19-32-59(44)53(66)47(36(2)3)56-46(61)33-37(4)41-24-14-9-15-25-41;1-6-18-39-36(51)33(25(5)45)42-35(50)29-17-10-12-19-43(29)37(52)27(22-31(47)48)40-34(49)28-16-11-13-20-44(28)38(53)32(23(2)3)41-30(46)21-24(4)26-14-8-7-9-15-26;1-14(2)19(20(25)23-12-8-7-11-17(23)21(26)27)22-18(24)13-15(3)16-9-5-4-6-10-16/h7-8,10-13,20-23,28-29,36-38,41,43-45,47-48H,6,9,14-19,24-27,30-35H2,1-5H3,(H,54,64)(H,55,62)(H,56,61)(H,57,63);23-29,32-33,45H,6-22H2,1-5H3,(H,39,51)(H,40,49)(H,41,46)(H,42,50)(H,47,48);14-17,19H,4-13H2,1-3H3,(H,22,24)(H,26,27)/b29-28-;;/t37-,38?,43-,44-,45-,47-,48-;24-,25?,27-,28-,29-,32-,33-;15-,17-,19-/m000/s1. The molecule has 820 valence electrons. The number of ketones is 1. The third kappa shape index (κ3) is 38.4. The van der Waals surface area contributed by atoms with Gasteiger partial charge in [0.15, 0.2) is 5.78 Å². The number of aliphatic carboxylic acids is 2. The van der Waals surface area contributed by atoms with Crippen LogP contribution in [0.25, 0.3) is 6.08 Å². The van der Waals surface area contributed by atoms with Crippen LogP contribution >= 0.6 is 0 Å². The highest BCUT2D eigenvalue weighted by Crippen LogP contribution is 2.36. The number of carboxylic acid groups (broad SMARTS) is 2. The number of piperidine rings is 5. The summed E-state index contributed by atoms with van der Waals surface area (Å²) in [5.74, 6) is -7.40. The van der Waals surface area contributed by atoms with Gasteiger partial charge in [0.1, 0.15) is 72.5 Å². The molecule has 5 heterocycles. The Morgan fingerprint density at radius 1 is 0.347 bits per heavy atom. The maximum atomic E-state index is 14.9. The first-order valence-corrected chi connectivity index (χ1v) is 55.4. The van der Waals surface area contributed by atoms with E-state index in [9.17, 15) is 96.8 Å². The number of nitrogens with zero attached hydrogens (tertiary/aromatic N) is 5. The second kappa shape index (κ2) is 62.7. The van der Waals surface area contributed by atoms with Crippen LogP contribution in [-0.4, -0.2) is 271 Å². The fourth-order valence-electron chi connectivity index (χ4n) is 22.0. The molecule has 12 N–H and O–H groups in total. The molecule has 147 heavy (non-hydrogen) atoms. The van der Waals surface area contributed by atoms with Crippen LogP contribution in [0.5, 0.6) is 0 Å². The molecule has 0 spiro atoms. The summed E-state index contributed by atoms with van der Waals surface area (Å²) in [5, 5.41) is 54.8. The Hall–Kier alpha value is -10.7. The molecule has 35 nitrogen and oxygen atoms in total.